The molecule has 2 aliphatic heterocycles. The fourth-order valence-corrected chi connectivity index (χ4v) is 3.69. The summed E-state index contributed by atoms with van der Waals surface area (Å²) in [6.45, 7) is -0.536. The summed E-state index contributed by atoms with van der Waals surface area (Å²) in [5.41, 5.74) is 1.23. The molecule has 0 unspecified atom stereocenters. The highest BCUT2D eigenvalue weighted by atomic mass is 35.5. The molecule has 6 nitrogen and oxygen atoms in total. The van der Waals surface area contributed by atoms with E-state index in [-0.39, 0.29) is 14.8 Å². The van der Waals surface area contributed by atoms with Crippen LogP contribution in [0.3, 0.4) is 0 Å². The zero-order chi connectivity index (χ0) is 16.0. The van der Waals surface area contributed by atoms with Crippen LogP contribution in [0.15, 0.2) is 23.1 Å². The second-order valence-electron chi connectivity index (χ2n) is 4.50. The van der Waals surface area contributed by atoms with Gasteiger partial charge in [-0.15, -0.1) is 0 Å². The van der Waals surface area contributed by atoms with Crippen LogP contribution in [0.4, 0.5) is 5.69 Å². The molecule has 1 saturated heterocycles. The first-order valence-corrected chi connectivity index (χ1v) is 7.60. The zero-order valence-corrected chi connectivity index (χ0v) is 13.1. The van der Waals surface area contributed by atoms with E-state index in [4.69, 9.17) is 28.9 Å². The van der Waals surface area contributed by atoms with Crippen molar-refractivity contribution in [1.29, 1.82) is 0 Å². The number of amides is 2. The number of carbonyl (C=O) groups is 3. The average molecular weight is 355 g/mol. The fourth-order valence-electron chi connectivity index (χ4n) is 2.19. The number of hydrogen-bond donors (Lipinski definition) is 2. The minimum Gasteiger partial charge on any atom is -0.480 e. The largest absolute Gasteiger partial charge is 0.480 e. The molecule has 0 saturated carbocycles. The molecule has 2 N–H and O–H groups in total. The number of anilines is 1. The number of fused-ring (bicyclic) bond motifs is 1. The van der Waals surface area contributed by atoms with Crippen molar-refractivity contribution in [2.45, 2.75) is 0 Å². The number of carbonyl (C=O) groups excluding carboxylic acids is 2. The van der Waals surface area contributed by atoms with E-state index in [0.29, 0.717) is 16.3 Å². The van der Waals surface area contributed by atoms with Gasteiger partial charge < -0.3 is 10.4 Å². The van der Waals surface area contributed by atoms with Gasteiger partial charge in [-0.25, -0.2) is 0 Å². The summed E-state index contributed by atoms with van der Waals surface area (Å²) in [7, 11) is 0. The second-order valence-corrected chi connectivity index (χ2v) is 6.58. The van der Waals surface area contributed by atoms with Gasteiger partial charge in [-0.2, -0.15) is 0 Å². The molecule has 2 aliphatic rings. The van der Waals surface area contributed by atoms with Crippen molar-refractivity contribution >= 4 is 68.9 Å². The van der Waals surface area contributed by atoms with Crippen molar-refractivity contribution in [3.05, 3.63) is 33.7 Å². The SMILES string of the molecule is O=C(O)CN1C(=O)/C(=C2\C(=O)Nc3ccc(Cl)cc32)SC1=S. The Morgan fingerprint density at radius 3 is 2.82 bits per heavy atom. The van der Waals surface area contributed by atoms with Crippen LogP contribution in [0.5, 0.6) is 0 Å². The molecule has 1 aromatic rings. The van der Waals surface area contributed by atoms with Gasteiger partial charge in [0.25, 0.3) is 11.8 Å². The second kappa shape index (κ2) is 5.38. The lowest BCUT2D eigenvalue weighted by Gasteiger charge is -2.10. The third-order valence-electron chi connectivity index (χ3n) is 3.10. The Bertz CT molecular complexity index is 790. The van der Waals surface area contributed by atoms with E-state index < -0.39 is 24.3 Å². The number of hydrogen-bond acceptors (Lipinski definition) is 5. The Morgan fingerprint density at radius 2 is 2.14 bits per heavy atom. The summed E-state index contributed by atoms with van der Waals surface area (Å²) in [6.07, 6.45) is 0. The minimum atomic E-state index is -1.18. The molecule has 2 heterocycles. The lowest BCUT2D eigenvalue weighted by atomic mass is 10.1. The van der Waals surface area contributed by atoms with Gasteiger partial charge in [-0.3, -0.25) is 19.3 Å². The maximum Gasteiger partial charge on any atom is 0.323 e. The van der Waals surface area contributed by atoms with Crippen LogP contribution in [0.1, 0.15) is 5.56 Å². The van der Waals surface area contributed by atoms with Gasteiger partial charge in [0.2, 0.25) is 0 Å². The van der Waals surface area contributed by atoms with Crippen molar-refractivity contribution in [1.82, 2.24) is 4.90 Å². The number of thiocarbonyl (C=S) groups is 1. The monoisotopic (exact) mass is 354 g/mol. The lowest BCUT2D eigenvalue weighted by molar-refractivity contribution is -0.140. The number of aliphatic carboxylic acids is 1. The van der Waals surface area contributed by atoms with E-state index in [0.717, 1.165) is 16.7 Å². The van der Waals surface area contributed by atoms with Crippen LogP contribution >= 0.6 is 35.6 Å². The Balaban J connectivity index is 2.10. The summed E-state index contributed by atoms with van der Waals surface area (Å²) in [5, 5.41) is 11.9. The van der Waals surface area contributed by atoms with Gasteiger partial charge in [-0.1, -0.05) is 35.6 Å². The number of rotatable bonds is 2. The maximum atomic E-state index is 12.4. The summed E-state index contributed by atoms with van der Waals surface area (Å²) >= 11 is 11.9. The molecule has 0 aromatic heterocycles. The molecule has 22 heavy (non-hydrogen) atoms. The molecule has 0 radical (unpaired) electrons. The number of halogens is 1. The Hall–Kier alpha value is -1.90. The quantitative estimate of drug-likeness (QED) is 0.623. The van der Waals surface area contributed by atoms with Crippen LogP contribution in [-0.4, -0.2) is 38.7 Å². The van der Waals surface area contributed by atoms with Gasteiger partial charge in [0.1, 0.15) is 10.9 Å². The molecular formula is C13H7ClN2O4S2. The topological polar surface area (TPSA) is 86.7 Å². The van der Waals surface area contributed by atoms with Crippen LogP contribution in [0.2, 0.25) is 5.02 Å². The zero-order valence-electron chi connectivity index (χ0n) is 10.8. The minimum absolute atomic E-state index is 0.109. The molecule has 3 rings (SSSR count). The van der Waals surface area contributed by atoms with E-state index in [2.05, 4.69) is 5.32 Å². The predicted molar refractivity (Wildman–Crippen MR) is 86.5 cm³/mol. The van der Waals surface area contributed by atoms with Gasteiger partial charge in [0.15, 0.2) is 0 Å². The fraction of sp³-hybridized carbons (Fsp3) is 0.0769. The molecule has 9 heteroatoms. The number of nitrogens with one attached hydrogen (secondary N) is 1. The maximum absolute atomic E-state index is 12.4. The molecule has 1 fully saturated rings. The lowest BCUT2D eigenvalue weighted by Crippen LogP contribution is -2.33. The highest BCUT2D eigenvalue weighted by Crippen LogP contribution is 2.42. The summed E-state index contributed by atoms with van der Waals surface area (Å²) in [5.74, 6) is -2.20. The molecule has 0 spiro atoms. The molecule has 112 valence electrons. The standard InChI is InChI=1S/C13H7ClN2O4S2/c14-5-1-2-7-6(3-5)9(11(19)15-7)10-12(20)16(4-8(17)18)13(21)22-10/h1-3H,4H2,(H,15,19)(H,17,18)/b10-9+. The predicted octanol–water partition coefficient (Wildman–Crippen LogP) is 1.95. The van der Waals surface area contributed by atoms with Gasteiger partial charge in [-0.05, 0) is 18.2 Å². The number of carboxylic acid groups (broad SMARTS) is 1. The highest BCUT2D eigenvalue weighted by Gasteiger charge is 2.39. The molecule has 2 amide bonds. The smallest absolute Gasteiger partial charge is 0.323 e. The third kappa shape index (κ3) is 2.39. The first-order valence-electron chi connectivity index (χ1n) is 5.99. The number of benzene rings is 1. The number of nitrogens with zero attached hydrogens (tertiary/aromatic N) is 1. The van der Waals surface area contributed by atoms with E-state index in [1.165, 1.54) is 0 Å². The van der Waals surface area contributed by atoms with E-state index in [9.17, 15) is 14.4 Å². The van der Waals surface area contributed by atoms with Crippen molar-refractivity contribution < 1.29 is 19.5 Å². The van der Waals surface area contributed by atoms with Crippen molar-refractivity contribution in [3.63, 3.8) is 0 Å². The first-order chi connectivity index (χ1) is 10.4. The normalized spacial score (nSPS) is 20.4. The van der Waals surface area contributed by atoms with Crippen LogP contribution in [0.25, 0.3) is 5.57 Å². The molecule has 1 aromatic carbocycles. The molecule has 0 atom stereocenters. The number of carboxylic acids is 1. The molecule has 0 aliphatic carbocycles. The van der Waals surface area contributed by atoms with E-state index in [1.807, 2.05) is 0 Å². The third-order valence-corrected chi connectivity index (χ3v) is 4.78. The van der Waals surface area contributed by atoms with Crippen LogP contribution in [0, 0.1) is 0 Å². The Labute approximate surface area is 139 Å². The van der Waals surface area contributed by atoms with Gasteiger partial charge >= 0.3 is 5.97 Å². The molecule has 0 bridgehead atoms. The van der Waals surface area contributed by atoms with Crippen molar-refractivity contribution in [2.75, 3.05) is 11.9 Å². The first kappa shape index (κ1) is 15.0. The van der Waals surface area contributed by atoms with Gasteiger partial charge in [0.05, 0.1) is 10.5 Å². The Kier molecular flexibility index (Phi) is 3.67. The van der Waals surface area contributed by atoms with Crippen LogP contribution < -0.4 is 5.32 Å². The van der Waals surface area contributed by atoms with E-state index in [1.54, 1.807) is 18.2 Å². The van der Waals surface area contributed by atoms with Crippen molar-refractivity contribution in [3.8, 4) is 0 Å². The Morgan fingerprint density at radius 1 is 1.41 bits per heavy atom. The highest BCUT2D eigenvalue weighted by molar-refractivity contribution is 8.26. The average Bonchev–Trinajstić information content (AvgIpc) is 2.88. The number of thioether (sulfide) groups is 1. The van der Waals surface area contributed by atoms with E-state index >= 15 is 0 Å². The summed E-state index contributed by atoms with van der Waals surface area (Å²) < 4.78 is 0.109. The molecular weight excluding hydrogens is 348 g/mol. The van der Waals surface area contributed by atoms with Gasteiger partial charge in [0, 0.05) is 16.3 Å². The summed E-state index contributed by atoms with van der Waals surface area (Å²) in [4.78, 5) is 36.4. The van der Waals surface area contributed by atoms with Crippen molar-refractivity contribution in [2.24, 2.45) is 0 Å². The summed E-state index contributed by atoms with van der Waals surface area (Å²) in [6, 6.07) is 4.84. The van der Waals surface area contributed by atoms with Crippen LogP contribution in [-0.2, 0) is 14.4 Å².